The molecule has 3 rings (SSSR count). The van der Waals surface area contributed by atoms with Gasteiger partial charge in [-0.25, -0.2) is 8.42 Å². The van der Waals surface area contributed by atoms with E-state index in [0.29, 0.717) is 17.9 Å². The van der Waals surface area contributed by atoms with Crippen LogP contribution >= 0.6 is 11.8 Å². The average Bonchev–Trinajstić information content (AvgIpc) is 3.00. The number of carbonyl (C=O) groups excluding carboxylic acids is 1. The molecule has 0 saturated carbocycles. The minimum atomic E-state index is -3.34. The summed E-state index contributed by atoms with van der Waals surface area (Å²) in [5, 5.41) is 9.32. The zero-order valence-corrected chi connectivity index (χ0v) is 19.1. The lowest BCUT2D eigenvalue weighted by Crippen LogP contribution is -2.14. The number of rotatable bonds is 8. The maximum atomic E-state index is 12.1. The average molecular weight is 458 g/mol. The van der Waals surface area contributed by atoms with Crippen LogP contribution < -0.4 is 4.72 Å². The maximum absolute atomic E-state index is 12.1. The van der Waals surface area contributed by atoms with Crippen molar-refractivity contribution in [3.8, 4) is 6.07 Å². The van der Waals surface area contributed by atoms with Crippen LogP contribution in [0.3, 0.4) is 0 Å². The van der Waals surface area contributed by atoms with Crippen LogP contribution in [-0.2, 0) is 26.0 Å². The van der Waals surface area contributed by atoms with Crippen LogP contribution in [0.5, 0.6) is 0 Å². The smallest absolute Gasteiger partial charge is 0.311 e. The second kappa shape index (κ2) is 9.45. The number of nitrogens with one attached hydrogen (secondary N) is 1. The van der Waals surface area contributed by atoms with Crippen molar-refractivity contribution in [2.45, 2.75) is 37.0 Å². The minimum Gasteiger partial charge on any atom is -0.466 e. The van der Waals surface area contributed by atoms with E-state index in [-0.39, 0.29) is 18.1 Å². The van der Waals surface area contributed by atoms with Gasteiger partial charge in [0.15, 0.2) is 0 Å². The fourth-order valence-corrected chi connectivity index (χ4v) is 4.82. The molecule has 0 radical (unpaired) electrons. The third kappa shape index (κ3) is 5.21. The Kier molecular flexibility index (Phi) is 6.93. The van der Waals surface area contributed by atoms with Gasteiger partial charge in [0, 0.05) is 27.4 Å². The second-order valence-corrected chi connectivity index (χ2v) is 9.89. The normalized spacial score (nSPS) is 11.3. The molecule has 0 fully saturated rings. The van der Waals surface area contributed by atoms with Crippen LogP contribution in [0.1, 0.15) is 30.7 Å². The Bertz CT molecular complexity index is 1260. The summed E-state index contributed by atoms with van der Waals surface area (Å²) in [7, 11) is -3.34. The number of anilines is 1. The van der Waals surface area contributed by atoms with Crippen molar-refractivity contribution in [2.24, 2.45) is 0 Å². The summed E-state index contributed by atoms with van der Waals surface area (Å²) in [5.41, 5.74) is 3.60. The highest BCUT2D eigenvalue weighted by Gasteiger charge is 2.19. The van der Waals surface area contributed by atoms with E-state index >= 15 is 0 Å². The van der Waals surface area contributed by atoms with Crippen molar-refractivity contribution in [2.75, 3.05) is 17.1 Å². The summed E-state index contributed by atoms with van der Waals surface area (Å²) in [6.07, 6.45) is 1.92. The predicted octanol–water partition coefficient (Wildman–Crippen LogP) is 4.14. The number of aromatic nitrogens is 1. The SMILES string of the molecule is CCOC(=O)Cc1c(C)c(Sc2ccc(NS(=O)(=O)CC)cc2)c2cc(C#N)ccn12. The van der Waals surface area contributed by atoms with Crippen LogP contribution in [0.15, 0.2) is 52.4 Å². The number of nitriles is 1. The molecule has 3 aromatic rings. The van der Waals surface area contributed by atoms with Gasteiger partial charge in [-0.15, -0.1) is 0 Å². The van der Waals surface area contributed by atoms with E-state index in [4.69, 9.17) is 4.74 Å². The zero-order chi connectivity index (χ0) is 22.6. The van der Waals surface area contributed by atoms with Crippen molar-refractivity contribution < 1.29 is 17.9 Å². The van der Waals surface area contributed by atoms with E-state index < -0.39 is 10.0 Å². The van der Waals surface area contributed by atoms with Gasteiger partial charge in [-0.3, -0.25) is 9.52 Å². The molecule has 0 atom stereocenters. The van der Waals surface area contributed by atoms with Gasteiger partial charge in [0.25, 0.3) is 0 Å². The molecule has 1 N–H and O–H groups in total. The van der Waals surface area contributed by atoms with Gasteiger partial charge in [0.2, 0.25) is 10.0 Å². The van der Waals surface area contributed by atoms with E-state index in [0.717, 1.165) is 26.6 Å². The van der Waals surface area contributed by atoms with Crippen molar-refractivity contribution in [3.05, 3.63) is 59.4 Å². The molecule has 31 heavy (non-hydrogen) atoms. The first-order valence-electron chi connectivity index (χ1n) is 9.75. The summed E-state index contributed by atoms with van der Waals surface area (Å²) in [6, 6.07) is 12.8. The maximum Gasteiger partial charge on any atom is 0.311 e. The summed E-state index contributed by atoms with van der Waals surface area (Å²) in [5.74, 6) is -0.303. The van der Waals surface area contributed by atoms with Crippen molar-refractivity contribution >= 4 is 39.0 Å². The summed E-state index contributed by atoms with van der Waals surface area (Å²) in [4.78, 5) is 14.0. The Hall–Kier alpha value is -2.96. The molecule has 0 aliphatic carbocycles. The Morgan fingerprint density at radius 3 is 2.55 bits per heavy atom. The van der Waals surface area contributed by atoms with Gasteiger partial charge in [-0.1, -0.05) is 11.8 Å². The lowest BCUT2D eigenvalue weighted by molar-refractivity contribution is -0.142. The first-order valence-corrected chi connectivity index (χ1v) is 12.2. The molecule has 2 heterocycles. The Labute approximate surface area is 186 Å². The fourth-order valence-electron chi connectivity index (χ4n) is 3.14. The Balaban J connectivity index is 1.98. The lowest BCUT2D eigenvalue weighted by atomic mass is 10.2. The predicted molar refractivity (Wildman–Crippen MR) is 121 cm³/mol. The molecule has 7 nitrogen and oxygen atoms in total. The molecule has 0 aliphatic rings. The third-order valence-corrected chi connectivity index (χ3v) is 7.26. The second-order valence-electron chi connectivity index (χ2n) is 6.80. The molecule has 2 aromatic heterocycles. The van der Waals surface area contributed by atoms with Gasteiger partial charge >= 0.3 is 5.97 Å². The fraction of sp³-hybridized carbons (Fsp3) is 0.273. The van der Waals surface area contributed by atoms with Crippen LogP contribution in [0.4, 0.5) is 5.69 Å². The van der Waals surface area contributed by atoms with Gasteiger partial charge in [-0.2, -0.15) is 5.26 Å². The molecule has 0 bridgehead atoms. The minimum absolute atomic E-state index is 0.00386. The number of nitrogens with zero attached hydrogens (tertiary/aromatic N) is 2. The summed E-state index contributed by atoms with van der Waals surface area (Å²) in [6.45, 7) is 5.61. The summed E-state index contributed by atoms with van der Waals surface area (Å²) < 4.78 is 33.1. The number of pyridine rings is 1. The van der Waals surface area contributed by atoms with Gasteiger partial charge < -0.3 is 9.14 Å². The summed E-state index contributed by atoms with van der Waals surface area (Å²) >= 11 is 1.50. The molecular formula is C22H23N3O4S2. The van der Waals surface area contributed by atoms with Crippen LogP contribution in [0.2, 0.25) is 0 Å². The standard InChI is InChI=1S/C22H23N3O4S2/c1-4-29-21(26)13-19-15(3)22(20-12-16(14-23)10-11-25(19)20)30-18-8-6-17(7-9-18)24-31(27,28)5-2/h6-12,24H,4-5,13H2,1-3H3. The molecule has 9 heteroatoms. The van der Waals surface area contributed by atoms with Gasteiger partial charge in [0.05, 0.1) is 35.9 Å². The molecule has 0 aliphatic heterocycles. The number of esters is 1. The van der Waals surface area contributed by atoms with Crippen molar-refractivity contribution in [1.29, 1.82) is 5.26 Å². The number of ether oxygens (including phenoxy) is 1. The highest BCUT2D eigenvalue weighted by atomic mass is 32.2. The molecule has 162 valence electrons. The number of sulfonamides is 1. The first-order chi connectivity index (χ1) is 14.8. The van der Waals surface area contributed by atoms with E-state index in [9.17, 15) is 18.5 Å². The third-order valence-electron chi connectivity index (χ3n) is 4.73. The van der Waals surface area contributed by atoms with E-state index in [1.165, 1.54) is 11.8 Å². The highest BCUT2D eigenvalue weighted by Crippen LogP contribution is 2.38. The number of hydrogen-bond acceptors (Lipinski definition) is 6. The van der Waals surface area contributed by atoms with Gasteiger partial charge in [0.1, 0.15) is 0 Å². The molecular weight excluding hydrogens is 434 g/mol. The van der Waals surface area contributed by atoms with Crippen LogP contribution in [-0.4, -0.2) is 31.1 Å². The topological polar surface area (TPSA) is 101 Å². The van der Waals surface area contributed by atoms with Crippen molar-refractivity contribution in [1.82, 2.24) is 4.40 Å². The monoisotopic (exact) mass is 457 g/mol. The largest absolute Gasteiger partial charge is 0.466 e. The Morgan fingerprint density at radius 1 is 1.23 bits per heavy atom. The number of carbonyl (C=O) groups is 1. The molecule has 0 saturated heterocycles. The Morgan fingerprint density at radius 2 is 1.94 bits per heavy atom. The van der Waals surface area contributed by atoms with E-state index in [1.54, 1.807) is 44.3 Å². The lowest BCUT2D eigenvalue weighted by Gasteiger charge is -2.07. The van der Waals surface area contributed by atoms with Crippen molar-refractivity contribution in [3.63, 3.8) is 0 Å². The molecule has 0 amide bonds. The zero-order valence-electron chi connectivity index (χ0n) is 17.5. The molecule has 1 aromatic carbocycles. The van der Waals surface area contributed by atoms with E-state index in [2.05, 4.69) is 10.8 Å². The van der Waals surface area contributed by atoms with E-state index in [1.807, 2.05) is 23.5 Å². The van der Waals surface area contributed by atoms with Crippen LogP contribution in [0.25, 0.3) is 5.52 Å². The number of hydrogen-bond donors (Lipinski definition) is 1. The molecule has 0 unspecified atom stereocenters. The van der Waals surface area contributed by atoms with Crippen LogP contribution in [0, 0.1) is 18.3 Å². The number of fused-ring (bicyclic) bond motifs is 1. The molecule has 0 spiro atoms. The highest BCUT2D eigenvalue weighted by molar-refractivity contribution is 7.99. The quantitative estimate of drug-likeness (QED) is 0.510. The number of benzene rings is 1. The first kappa shape index (κ1) is 22.7. The van der Waals surface area contributed by atoms with Gasteiger partial charge in [-0.05, 0) is 62.7 Å².